The molecular weight excluding hydrogens is 407 g/mol. The fraction of sp³-hybridized carbons (Fsp3) is 0.273. The van der Waals surface area contributed by atoms with Gasteiger partial charge in [0.15, 0.2) is 5.69 Å². The van der Waals surface area contributed by atoms with Crippen LogP contribution in [0.15, 0.2) is 59.2 Å². The summed E-state index contributed by atoms with van der Waals surface area (Å²) in [5, 5.41) is 3.52. The Morgan fingerprint density at radius 1 is 1.10 bits per heavy atom. The van der Waals surface area contributed by atoms with Crippen molar-refractivity contribution in [2.75, 3.05) is 31.1 Å². The maximum Gasteiger partial charge on any atom is 0.273 e. The van der Waals surface area contributed by atoms with Gasteiger partial charge in [-0.2, -0.15) is 0 Å². The number of carbonyl (C=O) groups excluding carboxylic acids is 1. The number of anilines is 1. The highest BCUT2D eigenvalue weighted by atomic mass is 35.5. The average molecular weight is 429 g/mol. The van der Waals surface area contributed by atoms with E-state index < -0.39 is 0 Å². The normalized spacial score (nSPS) is 14.7. The Labute approximate surface area is 179 Å². The molecule has 1 N–H and O–H groups in total. The molecule has 1 amide bonds. The fourth-order valence-electron chi connectivity index (χ4n) is 3.41. The number of aromatic nitrogens is 1. The number of para-hydroxylation sites is 1. The molecule has 0 saturated carbocycles. The first-order valence-electron chi connectivity index (χ1n) is 9.77. The minimum absolute atomic E-state index is 0.238. The van der Waals surface area contributed by atoms with Gasteiger partial charge in [0, 0.05) is 32.7 Å². The third-order valence-electron chi connectivity index (χ3n) is 5.08. The van der Waals surface area contributed by atoms with Gasteiger partial charge in [0.25, 0.3) is 5.91 Å². The molecule has 0 spiro atoms. The zero-order valence-electron chi connectivity index (χ0n) is 16.4. The summed E-state index contributed by atoms with van der Waals surface area (Å²) in [4.78, 5) is 21.1. The number of nitrogens with one attached hydrogen (secondary N) is 1. The van der Waals surface area contributed by atoms with Gasteiger partial charge in [0.2, 0.25) is 5.89 Å². The van der Waals surface area contributed by atoms with Gasteiger partial charge < -0.3 is 14.6 Å². The lowest BCUT2D eigenvalue weighted by molar-refractivity contribution is 0.0946. The number of oxazole rings is 1. The summed E-state index contributed by atoms with van der Waals surface area (Å²) in [7, 11) is 0. The van der Waals surface area contributed by atoms with E-state index in [2.05, 4.69) is 20.1 Å². The van der Waals surface area contributed by atoms with Crippen LogP contribution in [0.1, 0.15) is 21.9 Å². The van der Waals surface area contributed by atoms with E-state index >= 15 is 0 Å². The van der Waals surface area contributed by atoms with Gasteiger partial charge in [-0.25, -0.2) is 9.37 Å². The van der Waals surface area contributed by atoms with Gasteiger partial charge in [-0.15, -0.1) is 0 Å². The number of hydrogen-bond donors (Lipinski definition) is 1. The van der Waals surface area contributed by atoms with Gasteiger partial charge in [-0.05, 0) is 29.8 Å². The van der Waals surface area contributed by atoms with Crippen molar-refractivity contribution >= 4 is 23.2 Å². The second kappa shape index (κ2) is 9.28. The van der Waals surface area contributed by atoms with E-state index in [-0.39, 0.29) is 17.4 Å². The molecule has 1 saturated heterocycles. The molecular formula is C22H22ClFN4O2. The molecule has 2 aromatic carbocycles. The predicted molar refractivity (Wildman–Crippen MR) is 113 cm³/mol. The van der Waals surface area contributed by atoms with Crippen LogP contribution >= 0.6 is 11.6 Å². The van der Waals surface area contributed by atoms with Crippen LogP contribution in [0.25, 0.3) is 0 Å². The van der Waals surface area contributed by atoms with Gasteiger partial charge in [-0.1, -0.05) is 35.9 Å². The fourth-order valence-corrected chi connectivity index (χ4v) is 3.66. The quantitative estimate of drug-likeness (QED) is 0.648. The summed E-state index contributed by atoms with van der Waals surface area (Å²) < 4.78 is 18.4. The zero-order valence-corrected chi connectivity index (χ0v) is 17.1. The summed E-state index contributed by atoms with van der Waals surface area (Å²) >= 11 is 6.29. The molecule has 8 heteroatoms. The van der Waals surface area contributed by atoms with E-state index in [4.69, 9.17) is 16.0 Å². The van der Waals surface area contributed by atoms with E-state index in [1.807, 2.05) is 24.3 Å². The molecule has 0 radical (unpaired) electrons. The number of piperazine rings is 1. The van der Waals surface area contributed by atoms with Crippen LogP contribution in [0.2, 0.25) is 5.02 Å². The Morgan fingerprint density at radius 3 is 2.57 bits per heavy atom. The molecule has 6 nitrogen and oxygen atoms in total. The molecule has 3 aromatic rings. The van der Waals surface area contributed by atoms with Crippen molar-refractivity contribution in [3.63, 3.8) is 0 Å². The first-order chi connectivity index (χ1) is 14.6. The lowest BCUT2D eigenvalue weighted by Gasteiger charge is -2.35. The average Bonchev–Trinajstić information content (AvgIpc) is 3.23. The van der Waals surface area contributed by atoms with Gasteiger partial charge >= 0.3 is 0 Å². The van der Waals surface area contributed by atoms with Crippen LogP contribution in [-0.4, -0.2) is 42.0 Å². The van der Waals surface area contributed by atoms with Crippen LogP contribution in [-0.2, 0) is 13.1 Å². The summed E-state index contributed by atoms with van der Waals surface area (Å²) in [6, 6.07) is 13.8. The van der Waals surface area contributed by atoms with Crippen molar-refractivity contribution in [2.45, 2.75) is 13.1 Å². The number of hydrogen-bond acceptors (Lipinski definition) is 5. The second-order valence-corrected chi connectivity index (χ2v) is 7.56. The third kappa shape index (κ3) is 4.98. The van der Waals surface area contributed by atoms with Crippen molar-refractivity contribution in [2.24, 2.45) is 0 Å². The third-order valence-corrected chi connectivity index (χ3v) is 5.39. The summed E-state index contributed by atoms with van der Waals surface area (Å²) in [6.07, 6.45) is 1.37. The number of carbonyl (C=O) groups is 1. The van der Waals surface area contributed by atoms with Crippen molar-refractivity contribution in [3.05, 3.63) is 82.8 Å². The number of rotatable bonds is 6. The number of halogens is 2. The standard InChI is InChI=1S/C22H22ClFN4O2/c23-18-3-1-2-4-20(18)28-11-9-27(10-12-28)14-21-26-19(15-30-21)22(29)25-13-16-5-7-17(24)8-6-16/h1-8,15H,9-14H2,(H,25,29). The Balaban J connectivity index is 1.27. The number of amides is 1. The lowest BCUT2D eigenvalue weighted by Crippen LogP contribution is -2.46. The SMILES string of the molecule is O=C(NCc1ccc(F)cc1)c1coc(CN2CCN(c3ccccc3Cl)CC2)n1. The minimum atomic E-state index is -0.321. The molecule has 1 fully saturated rings. The predicted octanol–water partition coefficient (Wildman–Crippen LogP) is 3.72. The van der Waals surface area contributed by atoms with E-state index in [1.54, 1.807) is 12.1 Å². The van der Waals surface area contributed by atoms with Crippen molar-refractivity contribution < 1.29 is 13.6 Å². The van der Waals surface area contributed by atoms with Crippen LogP contribution in [0.3, 0.4) is 0 Å². The van der Waals surface area contributed by atoms with E-state index in [1.165, 1.54) is 18.4 Å². The van der Waals surface area contributed by atoms with Crippen LogP contribution < -0.4 is 10.2 Å². The molecule has 30 heavy (non-hydrogen) atoms. The first-order valence-corrected chi connectivity index (χ1v) is 10.1. The van der Waals surface area contributed by atoms with Crippen LogP contribution in [0.4, 0.5) is 10.1 Å². The zero-order chi connectivity index (χ0) is 20.9. The molecule has 156 valence electrons. The minimum Gasteiger partial charge on any atom is -0.447 e. The Hall–Kier alpha value is -2.90. The highest BCUT2D eigenvalue weighted by Gasteiger charge is 2.21. The molecule has 0 unspecified atom stereocenters. The number of benzene rings is 2. The Kier molecular flexibility index (Phi) is 6.30. The lowest BCUT2D eigenvalue weighted by atomic mass is 10.2. The first kappa shape index (κ1) is 20.4. The summed E-state index contributed by atoms with van der Waals surface area (Å²) in [5.74, 6) is -0.120. The van der Waals surface area contributed by atoms with Crippen molar-refractivity contribution in [1.82, 2.24) is 15.2 Å². The monoisotopic (exact) mass is 428 g/mol. The molecule has 4 rings (SSSR count). The maximum atomic E-state index is 12.9. The Morgan fingerprint density at radius 2 is 1.83 bits per heavy atom. The molecule has 1 aliphatic heterocycles. The smallest absolute Gasteiger partial charge is 0.273 e. The Bertz CT molecular complexity index is 1000. The van der Waals surface area contributed by atoms with E-state index in [0.29, 0.717) is 19.0 Å². The molecule has 2 heterocycles. The van der Waals surface area contributed by atoms with Crippen molar-refractivity contribution in [3.8, 4) is 0 Å². The number of nitrogens with zero attached hydrogens (tertiary/aromatic N) is 3. The topological polar surface area (TPSA) is 61.6 Å². The molecule has 0 aliphatic carbocycles. The van der Waals surface area contributed by atoms with E-state index in [0.717, 1.165) is 42.5 Å². The van der Waals surface area contributed by atoms with Gasteiger partial charge in [0.1, 0.15) is 12.1 Å². The molecule has 0 atom stereocenters. The molecule has 0 bridgehead atoms. The van der Waals surface area contributed by atoms with Gasteiger partial charge in [0.05, 0.1) is 17.3 Å². The maximum absolute atomic E-state index is 12.9. The van der Waals surface area contributed by atoms with Crippen molar-refractivity contribution in [1.29, 1.82) is 0 Å². The van der Waals surface area contributed by atoms with E-state index in [9.17, 15) is 9.18 Å². The highest BCUT2D eigenvalue weighted by Crippen LogP contribution is 2.26. The highest BCUT2D eigenvalue weighted by molar-refractivity contribution is 6.33. The molecule has 1 aliphatic rings. The largest absolute Gasteiger partial charge is 0.447 e. The summed E-state index contributed by atoms with van der Waals surface area (Å²) in [6.45, 7) is 4.25. The molecule has 1 aromatic heterocycles. The van der Waals surface area contributed by atoms with Crippen LogP contribution in [0.5, 0.6) is 0 Å². The summed E-state index contributed by atoms with van der Waals surface area (Å²) in [5.41, 5.74) is 2.10. The second-order valence-electron chi connectivity index (χ2n) is 7.15. The van der Waals surface area contributed by atoms with Crippen LogP contribution in [0, 0.1) is 5.82 Å². The van der Waals surface area contributed by atoms with Gasteiger partial charge in [-0.3, -0.25) is 9.69 Å².